The summed E-state index contributed by atoms with van der Waals surface area (Å²) in [4.78, 5) is 47.8. The summed E-state index contributed by atoms with van der Waals surface area (Å²) in [7, 11) is 1.71. The van der Waals surface area contributed by atoms with E-state index in [1.54, 1.807) is 12.1 Å². The van der Waals surface area contributed by atoms with Crippen LogP contribution in [0, 0.1) is 30.1 Å². The second-order valence-corrected chi connectivity index (χ2v) is 19.7. The van der Waals surface area contributed by atoms with Gasteiger partial charge in [0, 0.05) is 50.3 Å². The highest BCUT2D eigenvalue weighted by atomic mass is 16.5. The molecule has 11 nitrogen and oxygen atoms in total. The molecule has 1 aromatic heterocycles. The summed E-state index contributed by atoms with van der Waals surface area (Å²) >= 11 is 0. The molecule has 2 saturated heterocycles. The summed E-state index contributed by atoms with van der Waals surface area (Å²) in [5.41, 5.74) is 12.6. The molecule has 11 heteroatoms. The third kappa shape index (κ3) is 12.5. The van der Waals surface area contributed by atoms with Crippen molar-refractivity contribution in [2.24, 2.45) is 23.2 Å². The number of carbonyl (C=O) groups excluding carboxylic acids is 3. The molecule has 3 N–H and O–H groups in total. The second kappa shape index (κ2) is 23.2. The maximum Gasteiger partial charge on any atom is 0.293 e. The molecular weight excluding hydrogens is 801 g/mol. The third-order valence-electron chi connectivity index (χ3n) is 13.7. The van der Waals surface area contributed by atoms with Crippen LogP contribution in [-0.4, -0.2) is 98.2 Å². The fourth-order valence-electron chi connectivity index (χ4n) is 10.4. The van der Waals surface area contributed by atoms with Gasteiger partial charge in [0.1, 0.15) is 6.04 Å². The van der Waals surface area contributed by atoms with Crippen LogP contribution in [0.15, 0.2) is 60.8 Å². The zero-order valence-corrected chi connectivity index (χ0v) is 40.0. The summed E-state index contributed by atoms with van der Waals surface area (Å²) < 4.78 is 11.2. The van der Waals surface area contributed by atoms with Crippen LogP contribution in [0.4, 0.5) is 0 Å². The van der Waals surface area contributed by atoms with Gasteiger partial charge in [-0.1, -0.05) is 89.9 Å². The molecule has 1 aliphatic carbocycles. The van der Waals surface area contributed by atoms with Crippen molar-refractivity contribution in [1.29, 1.82) is 0 Å². The van der Waals surface area contributed by atoms with Crippen molar-refractivity contribution >= 4 is 29.4 Å². The van der Waals surface area contributed by atoms with Crippen molar-refractivity contribution in [2.45, 2.75) is 124 Å². The SMILES string of the molecule is CCNCC1CCN(C(C(=O)NC(Cc2cccc(-c3ccc(C)c(/C(CC(C)(C)COC=O)=C(/c4cccnc4C(C)OC)C(C)C)c3)c2)C(=O)N2CCCCN2)C2CCCC2)C1. The Labute approximate surface area is 383 Å². The van der Waals surface area contributed by atoms with Crippen molar-refractivity contribution < 1.29 is 23.9 Å². The standard InChI is InChI=1S/C53H76N6O5/c1-9-54-32-40-23-27-58(33-40)50(41-17-10-11-18-41)51(61)57-47(52(62)59-26-13-12-25-56-59)29-39-16-14-19-42(28-39)43-22-21-37(4)45(30-43)46(31-53(6,7)34-64-35-60)48(36(2)3)44-20-15-24-55-49(44)38(5)63-8/h14-16,19-22,24,28,30,35-36,38,40-41,47,50,54,56H,9-13,17-18,23,25-27,29,31-34H2,1-8H3,(H,57,61)/b48-46+. The van der Waals surface area contributed by atoms with Crippen molar-refractivity contribution in [3.05, 3.63) is 88.7 Å². The Kier molecular flexibility index (Phi) is 17.7. The average molecular weight is 877 g/mol. The quantitative estimate of drug-likeness (QED) is 0.0904. The molecule has 4 atom stereocenters. The van der Waals surface area contributed by atoms with Crippen LogP contribution >= 0.6 is 0 Å². The van der Waals surface area contributed by atoms with Gasteiger partial charge in [0.15, 0.2) is 0 Å². The van der Waals surface area contributed by atoms with Gasteiger partial charge in [0.05, 0.1) is 24.4 Å². The highest BCUT2D eigenvalue weighted by Gasteiger charge is 2.40. The minimum atomic E-state index is -0.715. The van der Waals surface area contributed by atoms with Gasteiger partial charge < -0.3 is 20.1 Å². The third-order valence-corrected chi connectivity index (χ3v) is 13.7. The van der Waals surface area contributed by atoms with E-state index in [0.29, 0.717) is 37.7 Å². The smallest absolute Gasteiger partial charge is 0.293 e. The number of hydrazine groups is 1. The topological polar surface area (TPSA) is 125 Å². The Morgan fingerprint density at radius 2 is 1.75 bits per heavy atom. The molecule has 64 heavy (non-hydrogen) atoms. The summed E-state index contributed by atoms with van der Waals surface area (Å²) in [5.74, 6) is 0.863. The number of hydrogen-bond donors (Lipinski definition) is 3. The van der Waals surface area contributed by atoms with E-state index in [4.69, 9.17) is 14.5 Å². The van der Waals surface area contributed by atoms with Gasteiger partial charge in [-0.2, -0.15) is 0 Å². The number of ether oxygens (including phenoxy) is 2. The average Bonchev–Trinajstić information content (AvgIpc) is 4.01. The minimum absolute atomic E-state index is 0.0101. The number of nitrogens with zero attached hydrogens (tertiary/aromatic N) is 3. The second-order valence-electron chi connectivity index (χ2n) is 19.7. The van der Waals surface area contributed by atoms with Crippen LogP contribution in [-0.2, 0) is 30.3 Å². The lowest BCUT2D eigenvalue weighted by atomic mass is 9.76. The number of amides is 2. The Balaban J connectivity index is 1.36. The maximum absolute atomic E-state index is 14.7. The van der Waals surface area contributed by atoms with Crippen molar-refractivity contribution in [1.82, 2.24) is 31.0 Å². The van der Waals surface area contributed by atoms with Gasteiger partial charge in [0.25, 0.3) is 12.4 Å². The molecule has 3 heterocycles. The lowest BCUT2D eigenvalue weighted by Crippen LogP contribution is -2.59. The number of nitrogens with one attached hydrogen (secondary N) is 3. The molecule has 4 unspecified atom stereocenters. The van der Waals surface area contributed by atoms with Crippen LogP contribution in [0.5, 0.6) is 0 Å². The number of hydrogen-bond acceptors (Lipinski definition) is 9. The monoisotopic (exact) mass is 877 g/mol. The fourth-order valence-corrected chi connectivity index (χ4v) is 10.4. The van der Waals surface area contributed by atoms with E-state index in [1.165, 1.54) is 11.1 Å². The number of likely N-dealkylation sites (tertiary alicyclic amines) is 1. The van der Waals surface area contributed by atoms with Gasteiger partial charge in [-0.15, -0.1) is 0 Å². The van der Waals surface area contributed by atoms with Gasteiger partial charge in [-0.3, -0.25) is 29.3 Å². The molecule has 0 radical (unpaired) electrons. The molecular formula is C53H76N6O5. The molecule has 2 aromatic carbocycles. The molecule has 6 rings (SSSR count). The molecule has 0 bridgehead atoms. The van der Waals surface area contributed by atoms with Crippen molar-refractivity contribution in [3.63, 3.8) is 0 Å². The zero-order chi connectivity index (χ0) is 45.8. The van der Waals surface area contributed by atoms with E-state index < -0.39 is 6.04 Å². The van der Waals surface area contributed by atoms with Crippen LogP contribution in [0.2, 0.25) is 0 Å². The molecule has 1 saturated carbocycles. The van der Waals surface area contributed by atoms with E-state index in [-0.39, 0.29) is 41.9 Å². The predicted molar refractivity (Wildman–Crippen MR) is 257 cm³/mol. The summed E-state index contributed by atoms with van der Waals surface area (Å²) in [6.07, 6.45) is 10.1. The molecule has 0 spiro atoms. The molecule has 2 aliphatic heterocycles. The van der Waals surface area contributed by atoms with Crippen LogP contribution in [0.1, 0.15) is 127 Å². The highest BCUT2D eigenvalue weighted by Crippen LogP contribution is 2.43. The van der Waals surface area contributed by atoms with Crippen molar-refractivity contribution in [3.8, 4) is 11.1 Å². The number of rotatable bonds is 21. The number of aromatic nitrogens is 1. The first-order chi connectivity index (χ1) is 30.8. The molecule has 3 fully saturated rings. The first kappa shape index (κ1) is 49.0. The minimum Gasteiger partial charge on any atom is -0.467 e. The van der Waals surface area contributed by atoms with E-state index in [1.807, 2.05) is 19.2 Å². The Morgan fingerprint density at radius 1 is 0.969 bits per heavy atom. The number of aryl methyl sites for hydroxylation is 1. The van der Waals surface area contributed by atoms with Crippen LogP contribution in [0.3, 0.4) is 0 Å². The maximum atomic E-state index is 14.7. The van der Waals surface area contributed by atoms with Gasteiger partial charge in [-0.25, -0.2) is 5.43 Å². The van der Waals surface area contributed by atoms with Crippen LogP contribution < -0.4 is 16.1 Å². The summed E-state index contributed by atoms with van der Waals surface area (Å²) in [6, 6.07) is 18.3. The molecule has 3 aromatic rings. The van der Waals surface area contributed by atoms with Gasteiger partial charge >= 0.3 is 0 Å². The predicted octanol–water partition coefficient (Wildman–Crippen LogP) is 8.57. The molecule has 348 valence electrons. The first-order valence-corrected chi connectivity index (χ1v) is 24.1. The normalized spacial score (nSPS) is 19.3. The highest BCUT2D eigenvalue weighted by molar-refractivity contribution is 5.94. The summed E-state index contributed by atoms with van der Waals surface area (Å²) in [6.45, 7) is 20.9. The van der Waals surface area contributed by atoms with Gasteiger partial charge in [-0.05, 0) is 141 Å². The summed E-state index contributed by atoms with van der Waals surface area (Å²) in [5, 5.41) is 8.63. The number of carbonyl (C=O) groups is 3. The number of benzene rings is 2. The van der Waals surface area contributed by atoms with Crippen molar-refractivity contribution in [2.75, 3.05) is 53.0 Å². The first-order valence-electron chi connectivity index (χ1n) is 24.1. The lowest BCUT2D eigenvalue weighted by molar-refractivity contribution is -0.141. The Morgan fingerprint density at radius 3 is 2.45 bits per heavy atom. The van der Waals surface area contributed by atoms with Crippen LogP contribution in [0.25, 0.3) is 22.3 Å². The van der Waals surface area contributed by atoms with E-state index in [9.17, 15) is 14.4 Å². The van der Waals surface area contributed by atoms with E-state index >= 15 is 0 Å². The number of pyridine rings is 1. The molecule has 2 amide bonds. The Hall–Kier alpha value is -4.42. The van der Waals surface area contributed by atoms with E-state index in [0.717, 1.165) is 117 Å². The number of allylic oxidation sites excluding steroid dienone is 2. The lowest BCUT2D eigenvalue weighted by Gasteiger charge is -2.35. The number of methoxy groups -OCH3 is 1. The largest absolute Gasteiger partial charge is 0.467 e. The fraction of sp³-hybridized carbons (Fsp3) is 0.585. The van der Waals surface area contributed by atoms with E-state index in [2.05, 4.69) is 111 Å². The van der Waals surface area contributed by atoms with Gasteiger partial charge in [0.2, 0.25) is 5.91 Å². The molecule has 3 aliphatic rings. The Bertz CT molecular complexity index is 2050. The zero-order valence-electron chi connectivity index (χ0n) is 40.0.